The number of benzene rings is 1. The molecule has 17 heavy (non-hydrogen) atoms. The maximum Gasteiger partial charge on any atom is 1.00 e. The third kappa shape index (κ3) is 6.22. The molecule has 0 spiro atoms. The third-order valence-electron chi connectivity index (χ3n) is 1.93. The van der Waals surface area contributed by atoms with Crippen LogP contribution in [0.15, 0.2) is 28.7 Å². The van der Waals surface area contributed by atoms with E-state index in [2.05, 4.69) is 15.9 Å². The van der Waals surface area contributed by atoms with E-state index in [9.17, 15) is 13.0 Å². The van der Waals surface area contributed by atoms with Gasteiger partial charge in [-0.15, -0.1) is 0 Å². The number of hydrogen-bond acceptors (Lipinski definition) is 4. The Morgan fingerprint density at radius 3 is 2.29 bits per heavy atom. The fourth-order valence-electron chi connectivity index (χ4n) is 1.16. The van der Waals surface area contributed by atoms with E-state index in [0.717, 1.165) is 4.47 Å². The summed E-state index contributed by atoms with van der Waals surface area (Å²) >= 11 is 3.25. The summed E-state index contributed by atoms with van der Waals surface area (Å²) in [5, 5.41) is 0. The van der Waals surface area contributed by atoms with Crippen molar-refractivity contribution in [3.05, 3.63) is 28.7 Å². The molecule has 0 radical (unpaired) electrons. The minimum absolute atomic E-state index is 0. The van der Waals surface area contributed by atoms with Crippen LogP contribution in [0.2, 0.25) is 0 Å². The molecule has 0 aliphatic heterocycles. The molecule has 1 aromatic carbocycles. The fourth-order valence-corrected chi connectivity index (χ4v) is 2.18. The van der Waals surface area contributed by atoms with Gasteiger partial charge in [-0.2, -0.15) is 0 Å². The summed E-state index contributed by atoms with van der Waals surface area (Å²) in [7, 11) is -4.42. The van der Waals surface area contributed by atoms with Crippen molar-refractivity contribution in [1.82, 2.24) is 0 Å². The smallest absolute Gasteiger partial charge is 0.745 e. The van der Waals surface area contributed by atoms with E-state index in [-0.39, 0.29) is 36.0 Å². The molecule has 0 amide bonds. The Labute approximate surface area is 132 Å². The summed E-state index contributed by atoms with van der Waals surface area (Å²) in [6.07, 6.45) is 0.768. The normalized spacial score (nSPS) is 12.6. The van der Waals surface area contributed by atoms with Crippen LogP contribution < -0.4 is 34.3 Å². The van der Waals surface area contributed by atoms with Gasteiger partial charge in [0.15, 0.2) is 5.44 Å². The van der Waals surface area contributed by atoms with Crippen molar-refractivity contribution in [1.29, 1.82) is 0 Å². The SMILES string of the molecule is CCCC(Oc1ccc(Br)cc1)S(=O)(=O)[O-].[Na+]. The second-order valence-electron chi connectivity index (χ2n) is 3.28. The van der Waals surface area contributed by atoms with Crippen molar-refractivity contribution in [2.75, 3.05) is 0 Å². The quantitative estimate of drug-likeness (QED) is 0.539. The summed E-state index contributed by atoms with van der Waals surface area (Å²) in [5.74, 6) is 0.376. The molecule has 1 atom stereocenters. The zero-order valence-corrected chi connectivity index (χ0v) is 14.1. The molecule has 1 aromatic rings. The number of rotatable bonds is 5. The van der Waals surface area contributed by atoms with Crippen LogP contribution in [0.25, 0.3) is 0 Å². The monoisotopic (exact) mass is 330 g/mol. The Morgan fingerprint density at radius 1 is 1.35 bits per heavy atom. The van der Waals surface area contributed by atoms with E-state index in [4.69, 9.17) is 4.74 Å². The van der Waals surface area contributed by atoms with Gasteiger partial charge in [-0.25, -0.2) is 8.42 Å². The van der Waals surface area contributed by atoms with Crippen LogP contribution in [0.5, 0.6) is 5.75 Å². The first-order valence-corrected chi connectivity index (χ1v) is 7.07. The molecule has 0 heterocycles. The average Bonchev–Trinajstić information content (AvgIpc) is 2.19. The summed E-state index contributed by atoms with van der Waals surface area (Å²) in [6, 6.07) is 6.65. The first-order valence-electron chi connectivity index (χ1n) is 4.80. The van der Waals surface area contributed by atoms with Gasteiger partial charge in [0.2, 0.25) is 0 Å². The molecule has 0 saturated heterocycles. The van der Waals surface area contributed by atoms with Gasteiger partial charge in [0.25, 0.3) is 0 Å². The van der Waals surface area contributed by atoms with E-state index in [1.54, 1.807) is 31.2 Å². The van der Waals surface area contributed by atoms with Crippen LogP contribution in [-0.2, 0) is 10.1 Å². The minimum Gasteiger partial charge on any atom is -0.745 e. The average molecular weight is 331 g/mol. The van der Waals surface area contributed by atoms with Gasteiger partial charge in [0, 0.05) is 4.47 Å². The van der Waals surface area contributed by atoms with Gasteiger partial charge in [0.05, 0.1) is 0 Å². The zero-order chi connectivity index (χ0) is 12.2. The van der Waals surface area contributed by atoms with Crippen LogP contribution in [0, 0.1) is 0 Å². The predicted octanol–water partition coefficient (Wildman–Crippen LogP) is -0.497. The fraction of sp³-hybridized carbons (Fsp3) is 0.400. The van der Waals surface area contributed by atoms with E-state index >= 15 is 0 Å². The molecule has 0 fully saturated rings. The van der Waals surface area contributed by atoms with E-state index in [1.165, 1.54) is 0 Å². The summed E-state index contributed by atoms with van der Waals surface area (Å²) < 4.78 is 38.7. The van der Waals surface area contributed by atoms with Crippen LogP contribution in [-0.4, -0.2) is 18.4 Å². The van der Waals surface area contributed by atoms with Crippen molar-refractivity contribution in [3.8, 4) is 5.75 Å². The molecular weight excluding hydrogens is 319 g/mol. The van der Waals surface area contributed by atoms with E-state index < -0.39 is 15.6 Å². The first kappa shape index (κ1) is 17.4. The number of hydrogen-bond donors (Lipinski definition) is 0. The molecule has 0 aromatic heterocycles. The Bertz CT molecular complexity index is 432. The second-order valence-corrected chi connectivity index (χ2v) is 5.71. The molecule has 4 nitrogen and oxygen atoms in total. The molecule has 7 heteroatoms. The van der Waals surface area contributed by atoms with Crippen molar-refractivity contribution in [3.63, 3.8) is 0 Å². The van der Waals surface area contributed by atoms with Crippen molar-refractivity contribution in [2.45, 2.75) is 25.2 Å². The third-order valence-corrected chi connectivity index (χ3v) is 3.43. The van der Waals surface area contributed by atoms with Gasteiger partial charge in [0.1, 0.15) is 15.9 Å². The molecule has 90 valence electrons. The summed E-state index contributed by atoms with van der Waals surface area (Å²) in [6.45, 7) is 1.79. The first-order chi connectivity index (χ1) is 7.43. The summed E-state index contributed by atoms with van der Waals surface area (Å²) in [4.78, 5) is 0. The zero-order valence-electron chi connectivity index (χ0n) is 9.72. The molecular formula is C10H12BrNaO4S. The standard InChI is InChI=1S/C10H13BrO4S.Na/c1-2-3-10(16(12,13)14)15-9-6-4-8(11)5-7-9;/h4-7,10H,2-3H2,1H3,(H,12,13,14);/q;+1/p-1. The van der Waals surface area contributed by atoms with E-state index in [0.29, 0.717) is 12.2 Å². The Balaban J connectivity index is 0.00000256. The molecule has 0 aliphatic carbocycles. The van der Waals surface area contributed by atoms with Crippen molar-refractivity contribution in [2.24, 2.45) is 0 Å². The molecule has 0 saturated carbocycles. The molecule has 1 rings (SSSR count). The van der Waals surface area contributed by atoms with Gasteiger partial charge in [-0.05, 0) is 30.7 Å². The topological polar surface area (TPSA) is 66.4 Å². The Hall–Kier alpha value is 0.410. The van der Waals surface area contributed by atoms with Gasteiger partial charge >= 0.3 is 29.6 Å². The van der Waals surface area contributed by atoms with Crippen LogP contribution in [0.3, 0.4) is 0 Å². The van der Waals surface area contributed by atoms with Crippen molar-refractivity contribution < 1.29 is 47.3 Å². The molecule has 0 N–H and O–H groups in total. The Kier molecular flexibility index (Phi) is 7.95. The predicted molar refractivity (Wildman–Crippen MR) is 63.2 cm³/mol. The van der Waals surface area contributed by atoms with Gasteiger partial charge < -0.3 is 9.29 Å². The van der Waals surface area contributed by atoms with E-state index in [1.807, 2.05) is 0 Å². The minimum atomic E-state index is -4.42. The largest absolute Gasteiger partial charge is 1.00 e. The second kappa shape index (κ2) is 7.76. The molecule has 1 unspecified atom stereocenters. The molecule has 0 bridgehead atoms. The number of halogens is 1. The maximum absolute atomic E-state index is 10.9. The summed E-state index contributed by atoms with van der Waals surface area (Å²) in [5.41, 5.74) is -1.31. The van der Waals surface area contributed by atoms with Crippen LogP contribution >= 0.6 is 15.9 Å². The van der Waals surface area contributed by atoms with Crippen LogP contribution in [0.1, 0.15) is 19.8 Å². The van der Waals surface area contributed by atoms with Crippen LogP contribution in [0.4, 0.5) is 0 Å². The maximum atomic E-state index is 10.9. The Morgan fingerprint density at radius 2 is 1.88 bits per heavy atom. The molecule has 0 aliphatic rings. The van der Waals surface area contributed by atoms with Gasteiger partial charge in [-0.3, -0.25) is 0 Å². The number of ether oxygens (including phenoxy) is 1. The van der Waals surface area contributed by atoms with Crippen molar-refractivity contribution >= 4 is 26.0 Å². The van der Waals surface area contributed by atoms with Gasteiger partial charge in [-0.1, -0.05) is 29.3 Å².